The molecule has 1 aromatic heterocycles. The van der Waals surface area contributed by atoms with Crippen molar-refractivity contribution in [2.75, 3.05) is 0 Å². The fraction of sp³-hybridized carbons (Fsp3) is 0.368. The Balaban J connectivity index is 1.91. The van der Waals surface area contributed by atoms with E-state index in [9.17, 15) is 22.4 Å². The van der Waals surface area contributed by atoms with Crippen molar-refractivity contribution in [1.29, 1.82) is 0 Å². The van der Waals surface area contributed by atoms with E-state index in [1.807, 2.05) is 0 Å². The number of nitrogens with zero attached hydrogens (tertiary/aromatic N) is 2. The van der Waals surface area contributed by atoms with Crippen LogP contribution in [-0.4, -0.2) is 21.6 Å². The third kappa shape index (κ3) is 4.20. The van der Waals surface area contributed by atoms with Crippen LogP contribution in [0.5, 0.6) is 0 Å². The molecule has 0 atom stereocenters. The van der Waals surface area contributed by atoms with Gasteiger partial charge in [0.1, 0.15) is 5.60 Å². The summed E-state index contributed by atoms with van der Waals surface area (Å²) in [7, 11) is 0. The number of aromatic nitrogens is 1. The van der Waals surface area contributed by atoms with Gasteiger partial charge in [-0.1, -0.05) is 12.1 Å². The molecule has 1 amide bonds. The summed E-state index contributed by atoms with van der Waals surface area (Å²) >= 11 is 0. The van der Waals surface area contributed by atoms with Crippen LogP contribution in [0.4, 0.5) is 22.4 Å². The highest BCUT2D eigenvalue weighted by Crippen LogP contribution is 2.37. The molecule has 0 saturated carbocycles. The van der Waals surface area contributed by atoms with Gasteiger partial charge < -0.3 is 4.74 Å². The van der Waals surface area contributed by atoms with Gasteiger partial charge in [-0.3, -0.25) is 4.90 Å². The average Bonchev–Trinajstić information content (AvgIpc) is 2.95. The third-order valence-electron chi connectivity index (χ3n) is 4.02. The number of ether oxygens (including phenoxy) is 1. The number of carbonyl (C=O) groups excluding carboxylic acids is 1. The van der Waals surface area contributed by atoms with E-state index in [0.29, 0.717) is 6.54 Å². The molecule has 0 N–H and O–H groups in total. The Morgan fingerprint density at radius 1 is 1.07 bits per heavy atom. The van der Waals surface area contributed by atoms with Gasteiger partial charge in [-0.2, -0.15) is 17.6 Å². The monoisotopic (exact) mass is 382 g/mol. The number of hydrogen-bond donors (Lipinski definition) is 0. The minimum absolute atomic E-state index is 0.206. The number of benzene rings is 1. The molecule has 0 fully saturated rings. The van der Waals surface area contributed by atoms with Crippen molar-refractivity contribution >= 4 is 6.09 Å². The van der Waals surface area contributed by atoms with Crippen LogP contribution in [0.2, 0.25) is 0 Å². The van der Waals surface area contributed by atoms with E-state index in [-0.39, 0.29) is 17.7 Å². The molecule has 0 bridgehead atoms. The maximum absolute atomic E-state index is 13.2. The lowest BCUT2D eigenvalue weighted by Gasteiger charge is -2.24. The van der Waals surface area contributed by atoms with E-state index in [1.165, 1.54) is 11.0 Å². The van der Waals surface area contributed by atoms with Crippen molar-refractivity contribution in [2.45, 2.75) is 45.6 Å². The summed E-state index contributed by atoms with van der Waals surface area (Å²) in [6.45, 7) is 5.82. The van der Waals surface area contributed by atoms with Crippen LogP contribution in [-0.2, 0) is 24.0 Å². The molecular weight excluding hydrogens is 364 g/mol. The predicted octanol–water partition coefficient (Wildman–Crippen LogP) is 5.16. The lowest BCUT2D eigenvalue weighted by atomic mass is 9.99. The Bertz CT molecular complexity index is 888. The SMILES string of the molecule is CC(C)(C)OC(=O)N1Cc2ccc(-c3ccc(F)nc3C(F)(F)F)cc2C1. The Kier molecular flexibility index (Phi) is 4.61. The van der Waals surface area contributed by atoms with E-state index < -0.39 is 29.5 Å². The molecule has 1 aliphatic rings. The lowest BCUT2D eigenvalue weighted by Crippen LogP contribution is -2.33. The van der Waals surface area contributed by atoms with Crippen LogP contribution in [0, 0.1) is 5.95 Å². The number of fused-ring (bicyclic) bond motifs is 1. The highest BCUT2D eigenvalue weighted by atomic mass is 19.4. The Hall–Kier alpha value is -2.64. The summed E-state index contributed by atoms with van der Waals surface area (Å²) in [4.78, 5) is 16.7. The van der Waals surface area contributed by atoms with Crippen LogP contribution in [0.3, 0.4) is 0 Å². The van der Waals surface area contributed by atoms with Gasteiger partial charge in [-0.05, 0) is 55.7 Å². The molecule has 0 radical (unpaired) electrons. The highest BCUT2D eigenvalue weighted by Gasteiger charge is 2.36. The Morgan fingerprint density at radius 2 is 1.74 bits per heavy atom. The molecule has 0 unspecified atom stereocenters. The van der Waals surface area contributed by atoms with Gasteiger partial charge in [0.05, 0.1) is 0 Å². The first-order valence-corrected chi connectivity index (χ1v) is 8.28. The van der Waals surface area contributed by atoms with Gasteiger partial charge in [-0.25, -0.2) is 9.78 Å². The molecule has 3 rings (SSSR count). The van der Waals surface area contributed by atoms with Gasteiger partial charge in [0.15, 0.2) is 5.69 Å². The largest absolute Gasteiger partial charge is 0.444 e. The molecule has 144 valence electrons. The van der Waals surface area contributed by atoms with E-state index in [2.05, 4.69) is 4.98 Å². The van der Waals surface area contributed by atoms with Crippen molar-refractivity contribution in [3.05, 3.63) is 53.1 Å². The fourth-order valence-corrected chi connectivity index (χ4v) is 2.90. The predicted molar refractivity (Wildman–Crippen MR) is 90.1 cm³/mol. The topological polar surface area (TPSA) is 42.4 Å². The zero-order valence-corrected chi connectivity index (χ0v) is 15.0. The van der Waals surface area contributed by atoms with Gasteiger partial charge >= 0.3 is 12.3 Å². The summed E-state index contributed by atoms with van der Waals surface area (Å²) in [5.74, 6) is -1.19. The van der Waals surface area contributed by atoms with Crippen molar-refractivity contribution in [1.82, 2.24) is 9.88 Å². The van der Waals surface area contributed by atoms with Crippen molar-refractivity contribution in [3.8, 4) is 11.1 Å². The number of rotatable bonds is 1. The lowest BCUT2D eigenvalue weighted by molar-refractivity contribution is -0.141. The zero-order chi connectivity index (χ0) is 20.0. The molecule has 1 aliphatic heterocycles. The summed E-state index contributed by atoms with van der Waals surface area (Å²) in [5.41, 5.74) is -0.311. The average molecular weight is 382 g/mol. The van der Waals surface area contributed by atoms with E-state index in [1.54, 1.807) is 32.9 Å². The minimum Gasteiger partial charge on any atom is -0.444 e. The maximum atomic E-state index is 13.2. The van der Waals surface area contributed by atoms with Crippen LogP contribution in [0.15, 0.2) is 30.3 Å². The molecule has 1 aromatic carbocycles. The molecule has 0 aliphatic carbocycles. The molecule has 2 aromatic rings. The Morgan fingerprint density at radius 3 is 2.37 bits per heavy atom. The molecule has 0 saturated heterocycles. The van der Waals surface area contributed by atoms with E-state index in [4.69, 9.17) is 4.74 Å². The van der Waals surface area contributed by atoms with Crippen LogP contribution < -0.4 is 0 Å². The standard InChI is InChI=1S/C19H18F4N2O2/c1-18(2,3)27-17(26)25-9-12-5-4-11(8-13(12)10-25)14-6-7-15(20)24-16(14)19(21,22)23/h4-8H,9-10H2,1-3H3. The minimum atomic E-state index is -4.78. The maximum Gasteiger partial charge on any atom is 0.434 e. The van der Waals surface area contributed by atoms with Crippen molar-refractivity contribution in [2.24, 2.45) is 0 Å². The quantitative estimate of drug-likeness (QED) is 0.506. The van der Waals surface area contributed by atoms with Gasteiger partial charge in [0.25, 0.3) is 0 Å². The molecule has 8 heteroatoms. The third-order valence-corrected chi connectivity index (χ3v) is 4.02. The van der Waals surface area contributed by atoms with Gasteiger partial charge in [-0.15, -0.1) is 0 Å². The second-order valence-corrected chi connectivity index (χ2v) is 7.35. The number of pyridine rings is 1. The second kappa shape index (κ2) is 6.51. The van der Waals surface area contributed by atoms with Crippen LogP contribution in [0.25, 0.3) is 11.1 Å². The summed E-state index contributed by atoms with van der Waals surface area (Å²) in [6.07, 6.45) is -5.27. The zero-order valence-electron chi connectivity index (χ0n) is 15.0. The van der Waals surface area contributed by atoms with Gasteiger partial charge in [0, 0.05) is 18.7 Å². The molecular formula is C19H18F4N2O2. The number of halogens is 4. The van der Waals surface area contributed by atoms with Crippen molar-refractivity contribution in [3.63, 3.8) is 0 Å². The van der Waals surface area contributed by atoms with E-state index >= 15 is 0 Å². The first-order chi connectivity index (χ1) is 12.4. The second-order valence-electron chi connectivity index (χ2n) is 7.35. The van der Waals surface area contributed by atoms with Crippen molar-refractivity contribution < 1.29 is 27.1 Å². The number of carbonyl (C=O) groups is 1. The number of alkyl halides is 3. The number of amides is 1. The first kappa shape index (κ1) is 19.1. The van der Waals surface area contributed by atoms with Gasteiger partial charge in [0.2, 0.25) is 5.95 Å². The molecule has 4 nitrogen and oxygen atoms in total. The summed E-state index contributed by atoms with van der Waals surface area (Å²) in [5, 5.41) is 0. The normalized spacial score (nSPS) is 14.3. The van der Waals surface area contributed by atoms with E-state index in [0.717, 1.165) is 23.3 Å². The highest BCUT2D eigenvalue weighted by molar-refractivity contribution is 5.71. The smallest absolute Gasteiger partial charge is 0.434 e. The molecule has 0 spiro atoms. The van der Waals surface area contributed by atoms with Crippen LogP contribution in [0.1, 0.15) is 37.6 Å². The fourth-order valence-electron chi connectivity index (χ4n) is 2.90. The molecule has 27 heavy (non-hydrogen) atoms. The first-order valence-electron chi connectivity index (χ1n) is 8.28. The summed E-state index contributed by atoms with van der Waals surface area (Å²) in [6, 6.07) is 6.71. The molecule has 2 heterocycles. The summed E-state index contributed by atoms with van der Waals surface area (Å²) < 4.78 is 58.2. The van der Waals surface area contributed by atoms with Crippen LogP contribution >= 0.6 is 0 Å². The number of hydrogen-bond acceptors (Lipinski definition) is 3. The Labute approximate surface area is 153 Å².